The van der Waals surface area contributed by atoms with Gasteiger partial charge in [0.2, 0.25) is 0 Å². The molecule has 0 atom stereocenters. The summed E-state index contributed by atoms with van der Waals surface area (Å²) in [6, 6.07) is 2.92. The fraction of sp³-hybridized carbons (Fsp3) is 0.0909. The number of aromatic nitrogens is 2. The molecule has 0 saturated carbocycles. The number of aromatic carboxylic acids is 1. The van der Waals surface area contributed by atoms with Crippen LogP contribution in [0.5, 0.6) is 6.01 Å². The van der Waals surface area contributed by atoms with Crippen molar-refractivity contribution in [2.24, 2.45) is 0 Å². The summed E-state index contributed by atoms with van der Waals surface area (Å²) in [4.78, 5) is 19.4. The van der Waals surface area contributed by atoms with Gasteiger partial charge in [0.25, 0.3) is 0 Å². The fourth-order valence-electron chi connectivity index (χ4n) is 1.82. The van der Waals surface area contributed by atoms with Gasteiger partial charge in [-0.15, -0.1) is 0 Å². The molecular formula is C11H6F3N3O3. The van der Waals surface area contributed by atoms with Gasteiger partial charge in [0, 0.05) is 6.20 Å². The molecule has 104 valence electrons. The van der Waals surface area contributed by atoms with Crippen LogP contribution in [-0.4, -0.2) is 20.6 Å². The molecule has 6 nitrogen and oxygen atoms in total. The molecule has 0 fully saturated rings. The Labute approximate surface area is 109 Å². The van der Waals surface area contributed by atoms with Gasteiger partial charge in [-0.05, 0) is 18.2 Å². The van der Waals surface area contributed by atoms with Crippen LogP contribution >= 0.6 is 0 Å². The zero-order valence-electron chi connectivity index (χ0n) is 9.60. The second-order valence-corrected chi connectivity index (χ2v) is 4.02. The standard InChI is InChI=1S/C11H6F3N3O3/c12-11(13,14)5-1-2-8-6(3-5)16-20-10-15-7(9(18)19)4-17(8)10/h1-4,16H,(H,18,19). The Morgan fingerprint density at radius 1 is 1.40 bits per heavy atom. The number of halogens is 3. The first-order chi connectivity index (χ1) is 9.36. The highest BCUT2D eigenvalue weighted by Crippen LogP contribution is 2.36. The molecule has 0 radical (unpaired) electrons. The lowest BCUT2D eigenvalue weighted by atomic mass is 10.1. The van der Waals surface area contributed by atoms with Gasteiger partial charge in [-0.3, -0.25) is 4.57 Å². The molecule has 1 aromatic carbocycles. The predicted molar refractivity (Wildman–Crippen MR) is 59.8 cm³/mol. The highest BCUT2D eigenvalue weighted by Gasteiger charge is 2.32. The molecule has 2 heterocycles. The third-order valence-electron chi connectivity index (χ3n) is 2.73. The van der Waals surface area contributed by atoms with E-state index in [0.717, 1.165) is 12.1 Å². The van der Waals surface area contributed by atoms with E-state index in [9.17, 15) is 18.0 Å². The van der Waals surface area contributed by atoms with Crippen molar-refractivity contribution in [3.63, 3.8) is 0 Å². The average Bonchev–Trinajstić information content (AvgIpc) is 2.81. The Bertz CT molecular complexity index is 709. The van der Waals surface area contributed by atoms with Crippen LogP contribution in [0.25, 0.3) is 5.69 Å². The van der Waals surface area contributed by atoms with Gasteiger partial charge in [0.15, 0.2) is 5.69 Å². The van der Waals surface area contributed by atoms with E-state index in [4.69, 9.17) is 9.94 Å². The number of fused-ring (bicyclic) bond motifs is 3. The van der Waals surface area contributed by atoms with Crippen molar-refractivity contribution >= 4 is 11.7 Å². The van der Waals surface area contributed by atoms with Gasteiger partial charge in [-0.1, -0.05) is 0 Å². The van der Waals surface area contributed by atoms with E-state index in [-0.39, 0.29) is 17.4 Å². The first-order valence-corrected chi connectivity index (χ1v) is 5.33. The first kappa shape index (κ1) is 12.3. The van der Waals surface area contributed by atoms with E-state index in [1.807, 2.05) is 0 Å². The SMILES string of the molecule is O=C(O)c1cn2c(n1)ONc1cc(C(F)(F)F)ccc1-2. The molecule has 0 spiro atoms. The van der Waals surface area contributed by atoms with E-state index in [2.05, 4.69) is 10.5 Å². The smallest absolute Gasteiger partial charge is 0.416 e. The quantitative estimate of drug-likeness (QED) is 0.840. The van der Waals surface area contributed by atoms with Crippen LogP contribution in [0.15, 0.2) is 24.4 Å². The molecule has 2 aromatic rings. The van der Waals surface area contributed by atoms with Gasteiger partial charge in [-0.25, -0.2) is 10.3 Å². The Hall–Kier alpha value is -2.71. The number of hydrogen-bond acceptors (Lipinski definition) is 4. The molecule has 0 bridgehead atoms. The largest absolute Gasteiger partial charge is 0.476 e. The third kappa shape index (κ3) is 1.83. The predicted octanol–water partition coefficient (Wildman–Crippen LogP) is 2.31. The minimum Gasteiger partial charge on any atom is -0.476 e. The maximum atomic E-state index is 12.6. The number of hydrogen-bond donors (Lipinski definition) is 2. The normalized spacial score (nSPS) is 12.9. The van der Waals surface area contributed by atoms with Crippen LogP contribution in [0.1, 0.15) is 16.1 Å². The first-order valence-electron chi connectivity index (χ1n) is 5.33. The number of carboxylic acids is 1. The van der Waals surface area contributed by atoms with Crippen molar-refractivity contribution < 1.29 is 27.9 Å². The molecule has 3 rings (SSSR count). The molecular weight excluding hydrogens is 279 g/mol. The van der Waals surface area contributed by atoms with E-state index in [1.165, 1.54) is 16.8 Å². The van der Waals surface area contributed by atoms with Crippen LogP contribution in [-0.2, 0) is 6.18 Å². The number of rotatable bonds is 1. The van der Waals surface area contributed by atoms with Crippen LogP contribution < -0.4 is 10.3 Å². The zero-order chi connectivity index (χ0) is 14.5. The maximum absolute atomic E-state index is 12.6. The number of alkyl halides is 3. The highest BCUT2D eigenvalue weighted by atomic mass is 19.4. The minimum absolute atomic E-state index is 0.0605. The van der Waals surface area contributed by atoms with Gasteiger partial charge < -0.3 is 9.94 Å². The molecule has 20 heavy (non-hydrogen) atoms. The van der Waals surface area contributed by atoms with Crippen molar-refractivity contribution in [3.8, 4) is 11.7 Å². The Morgan fingerprint density at radius 2 is 2.15 bits per heavy atom. The Kier molecular flexibility index (Phi) is 2.40. The van der Waals surface area contributed by atoms with E-state index in [0.29, 0.717) is 5.69 Å². The number of imidazole rings is 1. The van der Waals surface area contributed by atoms with Crippen molar-refractivity contribution in [3.05, 3.63) is 35.7 Å². The van der Waals surface area contributed by atoms with Crippen molar-refractivity contribution in [2.45, 2.75) is 6.18 Å². The summed E-state index contributed by atoms with van der Waals surface area (Å²) in [5.74, 6) is -1.26. The molecule has 1 aliphatic rings. The van der Waals surface area contributed by atoms with Crippen LogP contribution in [0.2, 0.25) is 0 Å². The lowest BCUT2D eigenvalue weighted by Crippen LogP contribution is -2.18. The fourth-order valence-corrected chi connectivity index (χ4v) is 1.82. The summed E-state index contributed by atoms with van der Waals surface area (Å²) < 4.78 is 39.1. The Balaban J connectivity index is 2.11. The maximum Gasteiger partial charge on any atom is 0.416 e. The van der Waals surface area contributed by atoms with Gasteiger partial charge >= 0.3 is 18.2 Å². The summed E-state index contributed by atoms with van der Waals surface area (Å²) in [6.45, 7) is 0. The monoisotopic (exact) mass is 285 g/mol. The zero-order valence-corrected chi connectivity index (χ0v) is 9.60. The Morgan fingerprint density at radius 3 is 2.80 bits per heavy atom. The third-order valence-corrected chi connectivity index (χ3v) is 2.73. The number of benzene rings is 1. The summed E-state index contributed by atoms with van der Waals surface area (Å²) in [7, 11) is 0. The van der Waals surface area contributed by atoms with Gasteiger partial charge in [-0.2, -0.15) is 18.2 Å². The topological polar surface area (TPSA) is 76.4 Å². The summed E-state index contributed by atoms with van der Waals surface area (Å²) in [5, 5.41) is 8.83. The molecule has 0 aliphatic carbocycles. The minimum atomic E-state index is -4.47. The summed E-state index contributed by atoms with van der Waals surface area (Å²) in [5.41, 5.74) is 1.59. The van der Waals surface area contributed by atoms with Gasteiger partial charge in [0.1, 0.15) is 0 Å². The van der Waals surface area contributed by atoms with E-state index >= 15 is 0 Å². The van der Waals surface area contributed by atoms with Crippen molar-refractivity contribution in [1.29, 1.82) is 0 Å². The van der Waals surface area contributed by atoms with Crippen LogP contribution in [0, 0.1) is 0 Å². The number of nitrogens with one attached hydrogen (secondary N) is 1. The second kappa shape index (κ2) is 3.89. The lowest BCUT2D eigenvalue weighted by molar-refractivity contribution is -0.137. The molecule has 1 aromatic heterocycles. The number of carboxylic acid groups (broad SMARTS) is 1. The molecule has 2 N–H and O–H groups in total. The second-order valence-electron chi connectivity index (χ2n) is 4.02. The van der Waals surface area contributed by atoms with E-state index < -0.39 is 17.7 Å². The summed E-state index contributed by atoms with van der Waals surface area (Å²) >= 11 is 0. The number of anilines is 1. The van der Waals surface area contributed by atoms with Crippen LogP contribution in [0.3, 0.4) is 0 Å². The van der Waals surface area contributed by atoms with Crippen LogP contribution in [0.4, 0.5) is 18.9 Å². The van der Waals surface area contributed by atoms with Gasteiger partial charge in [0.05, 0.1) is 16.9 Å². The summed E-state index contributed by atoms with van der Waals surface area (Å²) in [6.07, 6.45) is -3.30. The molecule has 9 heteroatoms. The van der Waals surface area contributed by atoms with E-state index in [1.54, 1.807) is 0 Å². The van der Waals surface area contributed by atoms with Crippen molar-refractivity contribution in [2.75, 3.05) is 5.48 Å². The number of carbonyl (C=O) groups is 1. The lowest BCUT2D eigenvalue weighted by Gasteiger charge is -2.20. The molecule has 0 saturated heterocycles. The van der Waals surface area contributed by atoms with Crippen molar-refractivity contribution in [1.82, 2.24) is 9.55 Å². The average molecular weight is 285 g/mol. The molecule has 1 aliphatic heterocycles. The molecule has 0 unspecified atom stereocenters. The number of nitrogens with zero attached hydrogens (tertiary/aromatic N) is 2. The highest BCUT2D eigenvalue weighted by molar-refractivity contribution is 5.85. The molecule has 0 amide bonds.